The van der Waals surface area contributed by atoms with Crippen molar-refractivity contribution in [2.24, 2.45) is 0 Å². The quantitative estimate of drug-likeness (QED) is 0.617. The number of carbonyl (C=O) groups excluding carboxylic acids is 1. The van der Waals surface area contributed by atoms with E-state index in [0.29, 0.717) is 26.0 Å². The number of hydrogen-bond acceptors (Lipinski definition) is 5. The Hall–Kier alpha value is -0.673. The highest BCUT2D eigenvalue weighted by Gasteiger charge is 2.43. The minimum atomic E-state index is -2.64. The SMILES string of the molecule is CCO[Si](CN1CCN(C(=O)N(C)C)CC1)(OCC)OCC. The molecule has 0 atom stereocenters. The molecule has 8 heteroatoms. The molecule has 1 fully saturated rings. The first-order valence-electron chi connectivity index (χ1n) is 8.08. The van der Waals surface area contributed by atoms with Crippen molar-refractivity contribution in [2.45, 2.75) is 20.8 Å². The van der Waals surface area contributed by atoms with Gasteiger partial charge in [0, 0.05) is 60.1 Å². The second-order valence-corrected chi connectivity index (χ2v) is 7.97. The standard InChI is InChI=1S/C14H31N3O4Si/c1-6-19-22(20-7-2,21-8-3)13-16-9-11-17(12-10-16)14(18)15(4)5/h6-13H2,1-5H3. The number of rotatable bonds is 8. The first-order valence-corrected chi connectivity index (χ1v) is 10.0. The average molecular weight is 334 g/mol. The Bertz CT molecular complexity index is 319. The van der Waals surface area contributed by atoms with Crippen molar-refractivity contribution >= 4 is 14.8 Å². The van der Waals surface area contributed by atoms with Gasteiger partial charge in [-0.1, -0.05) is 0 Å². The Morgan fingerprint density at radius 3 is 1.77 bits per heavy atom. The third-order valence-electron chi connectivity index (χ3n) is 3.54. The maximum atomic E-state index is 12.0. The van der Waals surface area contributed by atoms with Gasteiger partial charge in [0.2, 0.25) is 0 Å². The van der Waals surface area contributed by atoms with Gasteiger partial charge in [0.05, 0.1) is 6.17 Å². The molecule has 22 heavy (non-hydrogen) atoms. The van der Waals surface area contributed by atoms with E-state index in [1.54, 1.807) is 19.0 Å². The van der Waals surface area contributed by atoms with Crippen LogP contribution in [0, 0.1) is 0 Å². The van der Waals surface area contributed by atoms with Crippen LogP contribution in [0.25, 0.3) is 0 Å². The van der Waals surface area contributed by atoms with E-state index in [-0.39, 0.29) is 6.03 Å². The molecular formula is C14H31N3O4Si. The predicted octanol–water partition coefficient (Wildman–Crippen LogP) is 0.873. The van der Waals surface area contributed by atoms with Gasteiger partial charge in [-0.2, -0.15) is 0 Å². The van der Waals surface area contributed by atoms with Crippen LogP contribution in [0.15, 0.2) is 0 Å². The lowest BCUT2D eigenvalue weighted by molar-refractivity contribution is 0.0491. The molecule has 1 rings (SSSR count). The zero-order chi connectivity index (χ0) is 16.6. The number of nitrogens with zero attached hydrogens (tertiary/aromatic N) is 3. The molecule has 0 unspecified atom stereocenters. The second kappa shape index (κ2) is 9.46. The van der Waals surface area contributed by atoms with Crippen molar-refractivity contribution in [1.82, 2.24) is 14.7 Å². The number of piperazine rings is 1. The number of hydrogen-bond donors (Lipinski definition) is 0. The van der Waals surface area contributed by atoms with Crippen molar-refractivity contribution in [1.29, 1.82) is 0 Å². The molecule has 130 valence electrons. The van der Waals surface area contributed by atoms with E-state index >= 15 is 0 Å². The lowest BCUT2D eigenvalue weighted by Gasteiger charge is -2.39. The second-order valence-electron chi connectivity index (χ2n) is 5.42. The van der Waals surface area contributed by atoms with Crippen molar-refractivity contribution in [3.63, 3.8) is 0 Å². The summed E-state index contributed by atoms with van der Waals surface area (Å²) in [5, 5.41) is 0. The smallest absolute Gasteiger partial charge is 0.373 e. The largest absolute Gasteiger partial charge is 0.515 e. The lowest BCUT2D eigenvalue weighted by Crippen LogP contribution is -2.60. The van der Waals surface area contributed by atoms with Crippen LogP contribution >= 0.6 is 0 Å². The summed E-state index contributed by atoms with van der Waals surface area (Å²) in [5.74, 6) is 0. The Morgan fingerprint density at radius 1 is 0.955 bits per heavy atom. The van der Waals surface area contributed by atoms with Crippen molar-refractivity contribution in [3.05, 3.63) is 0 Å². The van der Waals surface area contributed by atoms with E-state index in [2.05, 4.69) is 4.90 Å². The highest BCUT2D eigenvalue weighted by Crippen LogP contribution is 2.14. The summed E-state index contributed by atoms with van der Waals surface area (Å²) in [5.41, 5.74) is 0. The number of urea groups is 1. The fraction of sp³-hybridized carbons (Fsp3) is 0.929. The van der Waals surface area contributed by atoms with Crippen LogP contribution in [-0.2, 0) is 13.3 Å². The van der Waals surface area contributed by atoms with Crippen LogP contribution in [-0.4, -0.2) is 95.8 Å². The summed E-state index contributed by atoms with van der Waals surface area (Å²) in [6.45, 7) is 10.8. The number of carbonyl (C=O) groups is 1. The summed E-state index contributed by atoms with van der Waals surface area (Å²) >= 11 is 0. The average Bonchev–Trinajstić information content (AvgIpc) is 2.48. The zero-order valence-electron chi connectivity index (χ0n) is 14.6. The van der Waals surface area contributed by atoms with E-state index < -0.39 is 8.80 Å². The summed E-state index contributed by atoms with van der Waals surface area (Å²) in [6.07, 6.45) is 0.687. The van der Waals surface area contributed by atoms with Crippen molar-refractivity contribution < 1.29 is 18.1 Å². The molecule has 0 radical (unpaired) electrons. The van der Waals surface area contributed by atoms with Gasteiger partial charge in [0.15, 0.2) is 0 Å². The Balaban J connectivity index is 2.59. The molecule has 1 aliphatic heterocycles. The van der Waals surface area contributed by atoms with E-state index in [0.717, 1.165) is 26.2 Å². The van der Waals surface area contributed by atoms with Crippen LogP contribution < -0.4 is 0 Å². The fourth-order valence-corrected chi connectivity index (χ4v) is 5.28. The molecule has 2 amide bonds. The van der Waals surface area contributed by atoms with Gasteiger partial charge in [-0.15, -0.1) is 0 Å². The van der Waals surface area contributed by atoms with Gasteiger partial charge >= 0.3 is 14.8 Å². The minimum absolute atomic E-state index is 0.0718. The molecule has 1 heterocycles. The van der Waals surface area contributed by atoms with Gasteiger partial charge in [0.1, 0.15) is 0 Å². The van der Waals surface area contributed by atoms with Gasteiger partial charge in [-0.25, -0.2) is 4.79 Å². The molecule has 0 aromatic heterocycles. The van der Waals surface area contributed by atoms with Crippen LogP contribution in [0.2, 0.25) is 0 Å². The Morgan fingerprint density at radius 2 is 1.41 bits per heavy atom. The van der Waals surface area contributed by atoms with Gasteiger partial charge in [-0.3, -0.25) is 4.90 Å². The van der Waals surface area contributed by atoms with Crippen molar-refractivity contribution in [2.75, 3.05) is 66.3 Å². The van der Waals surface area contributed by atoms with Crippen LogP contribution in [0.1, 0.15) is 20.8 Å². The topological polar surface area (TPSA) is 54.5 Å². The highest BCUT2D eigenvalue weighted by molar-refractivity contribution is 6.60. The first kappa shape index (κ1) is 19.4. The molecule has 0 saturated carbocycles. The number of amides is 2. The molecule has 0 N–H and O–H groups in total. The maximum absolute atomic E-state index is 12.0. The van der Waals surface area contributed by atoms with Crippen molar-refractivity contribution in [3.8, 4) is 0 Å². The third-order valence-corrected chi connectivity index (χ3v) is 6.56. The normalized spacial score (nSPS) is 16.9. The maximum Gasteiger partial charge on any atom is 0.515 e. The molecule has 0 aromatic rings. The summed E-state index contributed by atoms with van der Waals surface area (Å²) < 4.78 is 17.7. The molecule has 0 aromatic carbocycles. The molecule has 1 aliphatic rings. The van der Waals surface area contributed by atoms with Crippen LogP contribution in [0.4, 0.5) is 4.79 Å². The third kappa shape index (κ3) is 5.51. The van der Waals surface area contributed by atoms with Crippen LogP contribution in [0.3, 0.4) is 0 Å². The summed E-state index contributed by atoms with van der Waals surface area (Å²) in [6, 6.07) is 0.0718. The Labute approximate surface area is 135 Å². The van der Waals surface area contributed by atoms with Gasteiger partial charge in [0.25, 0.3) is 0 Å². The molecular weight excluding hydrogens is 302 g/mol. The van der Waals surface area contributed by atoms with E-state index in [9.17, 15) is 4.79 Å². The summed E-state index contributed by atoms with van der Waals surface area (Å²) in [7, 11) is 0.925. The van der Waals surface area contributed by atoms with Crippen LogP contribution in [0.5, 0.6) is 0 Å². The lowest BCUT2D eigenvalue weighted by atomic mass is 10.3. The molecule has 7 nitrogen and oxygen atoms in total. The minimum Gasteiger partial charge on any atom is -0.373 e. The van der Waals surface area contributed by atoms with E-state index in [1.807, 2.05) is 25.7 Å². The molecule has 0 bridgehead atoms. The van der Waals surface area contributed by atoms with E-state index in [1.165, 1.54) is 0 Å². The van der Waals surface area contributed by atoms with E-state index in [4.69, 9.17) is 13.3 Å². The van der Waals surface area contributed by atoms with Gasteiger partial charge < -0.3 is 23.1 Å². The molecule has 0 aliphatic carbocycles. The first-order chi connectivity index (χ1) is 10.5. The van der Waals surface area contributed by atoms with Gasteiger partial charge in [-0.05, 0) is 20.8 Å². The predicted molar refractivity (Wildman–Crippen MR) is 87.7 cm³/mol. The summed E-state index contributed by atoms with van der Waals surface area (Å²) in [4.78, 5) is 17.7. The Kier molecular flexibility index (Phi) is 8.33. The monoisotopic (exact) mass is 333 g/mol. The molecule has 1 saturated heterocycles. The highest BCUT2D eigenvalue weighted by atomic mass is 28.4. The molecule has 0 spiro atoms. The fourth-order valence-electron chi connectivity index (χ4n) is 2.58. The zero-order valence-corrected chi connectivity index (χ0v) is 15.6.